The number of phosphoric acid groups is 1. The van der Waals surface area contributed by atoms with E-state index in [0.29, 0.717) is 19.3 Å². The molecule has 2 N–H and O–H groups in total. The van der Waals surface area contributed by atoms with Crippen molar-refractivity contribution in [3.63, 3.8) is 0 Å². The molecular formula is C58H95O11P. The lowest BCUT2D eigenvalue weighted by Gasteiger charge is -2.21. The predicted molar refractivity (Wildman–Crippen MR) is 288 cm³/mol. The monoisotopic (exact) mass is 999 g/mol. The standard InChI is InChI=1S/C58H95O11P/c1-4-7-10-13-16-19-22-25-27-30-32-35-38-41-44-47-56(60)65-51-55(69-58(62)49-46-43-40-37-34-31-28-26-23-20-17-14-11-8-5-2)53-67-70(63,64)66-52-54(50-59)68-57(61)48-45-42-39-36-33-29-24-21-18-15-12-9-6-3/h7-8,10-11,16-17,19-21,24-28,34,37,43,46,54-55,59H,4-6,9,12-15,18,22-23,29-33,35-36,38-42,44-45,47-53H2,1-3H3,(H,63,64)/b10-7-,11-8-,19-16-,20-17-,24-21-,27-25-,28-26-,37-34-,46-43-. The second-order valence-corrected chi connectivity index (χ2v) is 18.7. The molecule has 0 heterocycles. The van der Waals surface area contributed by atoms with E-state index in [9.17, 15) is 28.9 Å². The number of aliphatic hydroxyl groups is 1. The van der Waals surface area contributed by atoms with Crippen LogP contribution >= 0.6 is 7.82 Å². The molecule has 0 radical (unpaired) electrons. The number of phosphoric ester groups is 1. The molecule has 0 saturated heterocycles. The zero-order valence-electron chi connectivity index (χ0n) is 43.7. The molecule has 0 aliphatic rings. The number of esters is 3. The summed E-state index contributed by atoms with van der Waals surface area (Å²) in [6.45, 7) is 4.23. The van der Waals surface area contributed by atoms with E-state index in [-0.39, 0.29) is 25.9 Å². The van der Waals surface area contributed by atoms with Crippen LogP contribution < -0.4 is 0 Å². The number of ether oxygens (including phenoxy) is 3. The summed E-state index contributed by atoms with van der Waals surface area (Å²) in [4.78, 5) is 48.3. The first-order chi connectivity index (χ1) is 34.2. The molecule has 0 rings (SSSR count). The van der Waals surface area contributed by atoms with Crippen molar-refractivity contribution >= 4 is 25.7 Å². The van der Waals surface area contributed by atoms with Gasteiger partial charge < -0.3 is 24.2 Å². The number of carbonyl (C=O) groups excluding carboxylic acids is 3. The van der Waals surface area contributed by atoms with Gasteiger partial charge in [0.15, 0.2) is 6.10 Å². The van der Waals surface area contributed by atoms with Gasteiger partial charge in [0.05, 0.1) is 26.2 Å². The Hall–Kier alpha value is -3.86. The van der Waals surface area contributed by atoms with E-state index in [1.54, 1.807) is 6.08 Å². The number of aliphatic hydroxyl groups excluding tert-OH is 1. The molecule has 70 heavy (non-hydrogen) atoms. The molecule has 11 nitrogen and oxygen atoms in total. The molecule has 0 aliphatic carbocycles. The highest BCUT2D eigenvalue weighted by atomic mass is 31.2. The topological polar surface area (TPSA) is 155 Å². The highest BCUT2D eigenvalue weighted by Gasteiger charge is 2.28. The fourth-order valence-corrected chi connectivity index (χ4v) is 7.46. The molecule has 398 valence electrons. The second-order valence-electron chi connectivity index (χ2n) is 17.3. The molecule has 12 heteroatoms. The molecule has 0 fully saturated rings. The van der Waals surface area contributed by atoms with Crippen LogP contribution in [0.1, 0.15) is 201 Å². The van der Waals surface area contributed by atoms with Crippen molar-refractivity contribution in [2.45, 2.75) is 213 Å². The van der Waals surface area contributed by atoms with Crippen LogP contribution in [0.5, 0.6) is 0 Å². The normalized spacial score (nSPS) is 14.3. The molecule has 0 spiro atoms. The van der Waals surface area contributed by atoms with Crippen LogP contribution in [-0.4, -0.2) is 66.5 Å². The molecule has 3 unspecified atom stereocenters. The minimum absolute atomic E-state index is 0.0739. The van der Waals surface area contributed by atoms with Crippen molar-refractivity contribution in [1.82, 2.24) is 0 Å². The van der Waals surface area contributed by atoms with E-state index >= 15 is 0 Å². The minimum atomic E-state index is -4.78. The van der Waals surface area contributed by atoms with Gasteiger partial charge >= 0.3 is 25.7 Å². The Labute approximate surface area is 425 Å². The highest BCUT2D eigenvalue weighted by Crippen LogP contribution is 2.43. The molecule has 0 aliphatic heterocycles. The quantitative estimate of drug-likeness (QED) is 0.0197. The van der Waals surface area contributed by atoms with Crippen molar-refractivity contribution in [3.05, 3.63) is 109 Å². The van der Waals surface area contributed by atoms with Crippen LogP contribution in [0.4, 0.5) is 0 Å². The fourth-order valence-electron chi connectivity index (χ4n) is 6.67. The first-order valence-corrected chi connectivity index (χ1v) is 28.3. The van der Waals surface area contributed by atoms with Gasteiger partial charge in [-0.25, -0.2) is 4.57 Å². The van der Waals surface area contributed by atoms with Crippen molar-refractivity contribution in [1.29, 1.82) is 0 Å². The van der Waals surface area contributed by atoms with Crippen molar-refractivity contribution < 1.29 is 52.2 Å². The Bertz CT molecular complexity index is 1590. The smallest absolute Gasteiger partial charge is 0.462 e. The third-order valence-electron chi connectivity index (χ3n) is 10.7. The Morgan fingerprint density at radius 1 is 0.429 bits per heavy atom. The van der Waals surface area contributed by atoms with Gasteiger partial charge in [-0.1, -0.05) is 188 Å². The maximum absolute atomic E-state index is 12.9. The number of hydrogen-bond donors (Lipinski definition) is 2. The first-order valence-electron chi connectivity index (χ1n) is 26.8. The molecule has 0 saturated carbocycles. The Balaban J connectivity index is 4.90. The summed E-state index contributed by atoms with van der Waals surface area (Å²) >= 11 is 0. The van der Waals surface area contributed by atoms with E-state index < -0.39 is 57.8 Å². The van der Waals surface area contributed by atoms with Gasteiger partial charge in [-0.2, -0.15) is 0 Å². The third kappa shape index (κ3) is 49.1. The van der Waals surface area contributed by atoms with E-state index in [1.807, 2.05) is 18.2 Å². The van der Waals surface area contributed by atoms with Crippen molar-refractivity contribution in [2.24, 2.45) is 0 Å². The van der Waals surface area contributed by atoms with Crippen LogP contribution in [-0.2, 0) is 42.2 Å². The molecule has 0 bridgehead atoms. The lowest BCUT2D eigenvalue weighted by molar-refractivity contribution is -0.160. The average molecular weight is 999 g/mol. The summed E-state index contributed by atoms with van der Waals surface area (Å²) < 4.78 is 39.2. The molecule has 0 aromatic heterocycles. The van der Waals surface area contributed by atoms with Gasteiger partial charge in [-0.3, -0.25) is 23.4 Å². The molecule has 3 atom stereocenters. The number of carbonyl (C=O) groups is 3. The van der Waals surface area contributed by atoms with Gasteiger partial charge in [0.2, 0.25) is 0 Å². The van der Waals surface area contributed by atoms with Gasteiger partial charge in [0.1, 0.15) is 12.7 Å². The number of allylic oxidation sites excluding steroid dienone is 17. The predicted octanol–water partition coefficient (Wildman–Crippen LogP) is 15.5. The van der Waals surface area contributed by atoms with Gasteiger partial charge in [-0.05, 0) is 103 Å². The van der Waals surface area contributed by atoms with Crippen molar-refractivity contribution in [2.75, 3.05) is 26.4 Å². The Kier molecular flexibility index (Phi) is 48.7. The second kappa shape index (κ2) is 51.5. The van der Waals surface area contributed by atoms with E-state index in [4.69, 9.17) is 23.3 Å². The van der Waals surface area contributed by atoms with Crippen LogP contribution in [0, 0.1) is 0 Å². The summed E-state index contributed by atoms with van der Waals surface area (Å²) in [5.41, 5.74) is 0. The van der Waals surface area contributed by atoms with Crippen molar-refractivity contribution in [3.8, 4) is 0 Å². The Morgan fingerprint density at radius 2 is 0.800 bits per heavy atom. The van der Waals surface area contributed by atoms with Gasteiger partial charge in [0, 0.05) is 12.8 Å². The summed E-state index contributed by atoms with van der Waals surface area (Å²) in [7, 11) is -4.78. The summed E-state index contributed by atoms with van der Waals surface area (Å²) in [6, 6.07) is 0. The van der Waals surface area contributed by atoms with Crippen LogP contribution in [0.2, 0.25) is 0 Å². The summed E-state index contributed by atoms with van der Waals surface area (Å²) in [5, 5.41) is 9.78. The van der Waals surface area contributed by atoms with Crippen LogP contribution in [0.25, 0.3) is 0 Å². The molecule has 0 aromatic rings. The third-order valence-corrected chi connectivity index (χ3v) is 11.6. The maximum Gasteiger partial charge on any atom is 0.472 e. The van der Waals surface area contributed by atoms with E-state index in [0.717, 1.165) is 116 Å². The highest BCUT2D eigenvalue weighted by molar-refractivity contribution is 7.47. The Morgan fingerprint density at radius 3 is 1.27 bits per heavy atom. The lowest BCUT2D eigenvalue weighted by atomic mass is 10.1. The number of hydrogen-bond acceptors (Lipinski definition) is 10. The zero-order valence-corrected chi connectivity index (χ0v) is 44.6. The largest absolute Gasteiger partial charge is 0.472 e. The van der Waals surface area contributed by atoms with Gasteiger partial charge in [-0.15, -0.1) is 0 Å². The minimum Gasteiger partial charge on any atom is -0.462 e. The molecule has 0 aromatic carbocycles. The van der Waals surface area contributed by atoms with Gasteiger partial charge in [0.25, 0.3) is 0 Å². The van der Waals surface area contributed by atoms with E-state index in [1.165, 1.54) is 25.7 Å². The SMILES string of the molecule is CC/C=C\C/C=C\C/C=C\C/C=C\C/C=C\CC(=O)OC(COC(=O)CCCCCCC/C=C\C/C=C\C/C=C\CC)COP(=O)(O)OCC(CO)OC(=O)CCCCCCC/C=C\CCCCCC. The zero-order chi connectivity index (χ0) is 51.3. The van der Waals surface area contributed by atoms with E-state index in [2.05, 4.69) is 106 Å². The number of unbranched alkanes of at least 4 members (excludes halogenated alkanes) is 14. The fraction of sp³-hybridized carbons (Fsp3) is 0.638. The first kappa shape index (κ1) is 66.1. The lowest BCUT2D eigenvalue weighted by Crippen LogP contribution is -2.30. The molecule has 0 amide bonds. The summed E-state index contributed by atoms with van der Waals surface area (Å²) in [5.74, 6) is -1.66. The van der Waals surface area contributed by atoms with Crippen LogP contribution in [0.3, 0.4) is 0 Å². The van der Waals surface area contributed by atoms with Crippen LogP contribution in [0.15, 0.2) is 109 Å². The summed E-state index contributed by atoms with van der Waals surface area (Å²) in [6.07, 6.45) is 60.8. The number of rotatable bonds is 48. The average Bonchev–Trinajstić information content (AvgIpc) is 3.35. The maximum atomic E-state index is 12.9. The molecular weight excluding hydrogens is 904 g/mol.